The van der Waals surface area contributed by atoms with Gasteiger partial charge in [0.1, 0.15) is 6.04 Å². The van der Waals surface area contributed by atoms with E-state index in [0.717, 1.165) is 18.5 Å². The van der Waals surface area contributed by atoms with Crippen molar-refractivity contribution in [1.82, 2.24) is 25.6 Å². The molecule has 2 N–H and O–H groups in total. The third-order valence-electron chi connectivity index (χ3n) is 2.62. The Kier molecular flexibility index (Phi) is 3.19. The Balaban J connectivity index is 1.95. The highest BCUT2D eigenvalue weighted by atomic mass is 16.2. The van der Waals surface area contributed by atoms with Crippen molar-refractivity contribution >= 4 is 5.91 Å². The van der Waals surface area contributed by atoms with Gasteiger partial charge in [-0.05, 0) is 26.8 Å². The van der Waals surface area contributed by atoms with Gasteiger partial charge in [0.05, 0.1) is 11.9 Å². The molecule has 1 unspecified atom stereocenters. The van der Waals surface area contributed by atoms with E-state index in [0.29, 0.717) is 12.6 Å². The van der Waals surface area contributed by atoms with Gasteiger partial charge in [0.2, 0.25) is 5.91 Å². The van der Waals surface area contributed by atoms with Crippen LogP contribution in [0.1, 0.15) is 31.5 Å². The molecule has 1 fully saturated rings. The van der Waals surface area contributed by atoms with Gasteiger partial charge in [-0.25, -0.2) is 4.68 Å². The van der Waals surface area contributed by atoms with Crippen LogP contribution in [0.5, 0.6) is 0 Å². The zero-order valence-corrected chi connectivity index (χ0v) is 9.60. The van der Waals surface area contributed by atoms with E-state index in [1.54, 1.807) is 10.9 Å². The summed E-state index contributed by atoms with van der Waals surface area (Å²) in [6.07, 6.45) is 4.00. The van der Waals surface area contributed by atoms with Gasteiger partial charge in [0.25, 0.3) is 0 Å². The van der Waals surface area contributed by atoms with Gasteiger partial charge in [-0.15, -0.1) is 5.10 Å². The molecule has 6 nitrogen and oxygen atoms in total. The van der Waals surface area contributed by atoms with Crippen molar-refractivity contribution in [3.8, 4) is 0 Å². The van der Waals surface area contributed by atoms with E-state index in [-0.39, 0.29) is 11.9 Å². The molecule has 1 saturated carbocycles. The van der Waals surface area contributed by atoms with E-state index in [1.807, 2.05) is 14.0 Å². The van der Waals surface area contributed by atoms with E-state index in [4.69, 9.17) is 0 Å². The van der Waals surface area contributed by atoms with Gasteiger partial charge in [-0.3, -0.25) is 4.79 Å². The summed E-state index contributed by atoms with van der Waals surface area (Å²) in [6.45, 7) is 2.49. The second-order valence-electron chi connectivity index (χ2n) is 4.18. The predicted molar refractivity (Wildman–Crippen MR) is 58.7 cm³/mol. The van der Waals surface area contributed by atoms with Crippen molar-refractivity contribution in [1.29, 1.82) is 0 Å². The molecule has 1 aromatic heterocycles. The number of aromatic nitrogens is 3. The van der Waals surface area contributed by atoms with E-state index in [1.165, 1.54) is 0 Å². The summed E-state index contributed by atoms with van der Waals surface area (Å²) in [4.78, 5) is 11.7. The molecular formula is C10H17N5O. The average Bonchev–Trinajstić information content (AvgIpc) is 2.95. The summed E-state index contributed by atoms with van der Waals surface area (Å²) in [6, 6.07) is 0.0916. The van der Waals surface area contributed by atoms with E-state index < -0.39 is 0 Å². The Labute approximate surface area is 94.4 Å². The van der Waals surface area contributed by atoms with Crippen molar-refractivity contribution in [2.24, 2.45) is 0 Å². The molecule has 6 heteroatoms. The number of nitrogens with one attached hydrogen (secondary N) is 2. The molecule has 0 aromatic carbocycles. The molecule has 1 aromatic rings. The molecule has 16 heavy (non-hydrogen) atoms. The van der Waals surface area contributed by atoms with Crippen LogP contribution in [0.2, 0.25) is 0 Å². The maximum atomic E-state index is 11.7. The molecule has 1 aliphatic carbocycles. The minimum atomic E-state index is -0.293. The molecule has 0 bridgehead atoms. The molecule has 0 aliphatic heterocycles. The lowest BCUT2D eigenvalue weighted by molar-refractivity contribution is -0.124. The lowest BCUT2D eigenvalue weighted by Crippen LogP contribution is -2.32. The van der Waals surface area contributed by atoms with Gasteiger partial charge in [0.15, 0.2) is 0 Å². The number of rotatable bonds is 5. The highest BCUT2D eigenvalue weighted by Gasteiger charge is 2.26. The molecule has 0 radical (unpaired) electrons. The summed E-state index contributed by atoms with van der Waals surface area (Å²) in [5, 5.41) is 13.9. The van der Waals surface area contributed by atoms with Crippen LogP contribution in [0.3, 0.4) is 0 Å². The minimum Gasteiger partial charge on any atom is -0.352 e. The second-order valence-corrected chi connectivity index (χ2v) is 4.18. The normalized spacial score (nSPS) is 17.1. The first-order valence-corrected chi connectivity index (χ1v) is 5.56. The van der Waals surface area contributed by atoms with Crippen LogP contribution in [0.15, 0.2) is 6.20 Å². The number of hydrogen-bond acceptors (Lipinski definition) is 4. The standard InChI is InChI=1S/C10H17N5O/c1-7(10(16)12-8-3-4-8)15-6-9(5-11-2)13-14-15/h6-8,11H,3-5H2,1-2H3,(H,12,16). The Morgan fingerprint density at radius 2 is 2.44 bits per heavy atom. The molecule has 2 rings (SSSR count). The molecule has 1 amide bonds. The van der Waals surface area contributed by atoms with E-state index >= 15 is 0 Å². The summed E-state index contributed by atoms with van der Waals surface area (Å²) < 4.78 is 1.60. The van der Waals surface area contributed by atoms with Crippen molar-refractivity contribution in [3.63, 3.8) is 0 Å². The summed E-state index contributed by atoms with van der Waals surface area (Å²) in [7, 11) is 1.85. The van der Waals surface area contributed by atoms with Crippen LogP contribution < -0.4 is 10.6 Å². The highest BCUT2D eigenvalue weighted by molar-refractivity contribution is 5.80. The predicted octanol–water partition coefficient (Wildman–Crippen LogP) is -0.163. The first-order valence-electron chi connectivity index (χ1n) is 5.56. The second kappa shape index (κ2) is 4.61. The number of hydrogen-bond donors (Lipinski definition) is 2. The fraction of sp³-hybridized carbons (Fsp3) is 0.700. The Bertz CT molecular complexity index is 371. The SMILES string of the molecule is CNCc1cn(C(C)C(=O)NC2CC2)nn1. The van der Waals surface area contributed by atoms with Gasteiger partial charge in [-0.2, -0.15) is 0 Å². The van der Waals surface area contributed by atoms with Crippen molar-refractivity contribution in [2.75, 3.05) is 7.05 Å². The van der Waals surface area contributed by atoms with Crippen LogP contribution in [0.25, 0.3) is 0 Å². The van der Waals surface area contributed by atoms with E-state index in [2.05, 4.69) is 20.9 Å². The fourth-order valence-corrected chi connectivity index (χ4v) is 1.43. The zero-order chi connectivity index (χ0) is 11.5. The van der Waals surface area contributed by atoms with Gasteiger partial charge in [0, 0.05) is 12.6 Å². The smallest absolute Gasteiger partial charge is 0.244 e. The number of nitrogens with zero attached hydrogens (tertiary/aromatic N) is 3. The Morgan fingerprint density at radius 3 is 3.06 bits per heavy atom. The molecule has 0 spiro atoms. The molecular weight excluding hydrogens is 206 g/mol. The van der Waals surface area contributed by atoms with Crippen LogP contribution in [-0.4, -0.2) is 34.0 Å². The van der Waals surface area contributed by atoms with Gasteiger partial charge >= 0.3 is 0 Å². The van der Waals surface area contributed by atoms with Gasteiger partial charge < -0.3 is 10.6 Å². The lowest BCUT2D eigenvalue weighted by Gasteiger charge is -2.10. The maximum absolute atomic E-state index is 11.7. The van der Waals surface area contributed by atoms with Crippen LogP contribution in [-0.2, 0) is 11.3 Å². The highest BCUT2D eigenvalue weighted by Crippen LogP contribution is 2.19. The number of amides is 1. The summed E-state index contributed by atoms with van der Waals surface area (Å²) >= 11 is 0. The summed E-state index contributed by atoms with van der Waals surface area (Å²) in [5.41, 5.74) is 0.841. The van der Waals surface area contributed by atoms with Crippen molar-refractivity contribution in [2.45, 2.75) is 38.4 Å². The largest absolute Gasteiger partial charge is 0.352 e. The molecule has 1 aliphatic rings. The van der Waals surface area contributed by atoms with Crippen LogP contribution in [0.4, 0.5) is 0 Å². The summed E-state index contributed by atoms with van der Waals surface area (Å²) in [5.74, 6) is 0.0170. The quantitative estimate of drug-likeness (QED) is 0.727. The Morgan fingerprint density at radius 1 is 1.69 bits per heavy atom. The maximum Gasteiger partial charge on any atom is 0.244 e. The minimum absolute atomic E-state index is 0.0170. The first kappa shape index (κ1) is 11.1. The van der Waals surface area contributed by atoms with Crippen LogP contribution in [0, 0.1) is 0 Å². The molecule has 1 atom stereocenters. The van der Waals surface area contributed by atoms with Crippen molar-refractivity contribution in [3.05, 3.63) is 11.9 Å². The lowest BCUT2D eigenvalue weighted by atomic mass is 10.3. The topological polar surface area (TPSA) is 71.8 Å². The number of carbonyl (C=O) groups is 1. The van der Waals surface area contributed by atoms with Crippen LogP contribution >= 0.6 is 0 Å². The molecule has 1 heterocycles. The monoisotopic (exact) mass is 223 g/mol. The fourth-order valence-electron chi connectivity index (χ4n) is 1.43. The van der Waals surface area contributed by atoms with E-state index in [9.17, 15) is 4.79 Å². The van der Waals surface area contributed by atoms with Crippen molar-refractivity contribution < 1.29 is 4.79 Å². The average molecular weight is 223 g/mol. The van der Waals surface area contributed by atoms with Gasteiger partial charge in [-0.1, -0.05) is 5.21 Å². The zero-order valence-electron chi connectivity index (χ0n) is 9.60. The molecule has 88 valence electrons. The molecule has 0 saturated heterocycles. The Hall–Kier alpha value is -1.43. The third-order valence-corrected chi connectivity index (χ3v) is 2.62. The first-order chi connectivity index (χ1) is 7.70. The third kappa shape index (κ3) is 2.57. The number of carbonyl (C=O) groups excluding carboxylic acids is 1.